The van der Waals surface area contributed by atoms with E-state index in [-0.39, 0.29) is 11.8 Å². The largest absolute Gasteiger partial charge is 0.316 e. The summed E-state index contributed by atoms with van der Waals surface area (Å²) in [5.41, 5.74) is 1.23. The first-order valence-electron chi connectivity index (χ1n) is 9.74. The van der Waals surface area contributed by atoms with Crippen LogP contribution >= 0.6 is 11.3 Å². The van der Waals surface area contributed by atoms with Crippen molar-refractivity contribution in [3.8, 4) is 6.07 Å². The summed E-state index contributed by atoms with van der Waals surface area (Å²) in [6.45, 7) is 5.27. The monoisotopic (exact) mass is 413 g/mol. The first-order chi connectivity index (χ1) is 14.1. The number of nitriles is 1. The lowest BCUT2D eigenvalue weighted by molar-refractivity contribution is -0.0771. The van der Waals surface area contributed by atoms with E-state index in [1.54, 1.807) is 5.38 Å². The molecule has 0 bridgehead atoms. The van der Waals surface area contributed by atoms with Gasteiger partial charge in [-0.25, -0.2) is 20.0 Å². The van der Waals surface area contributed by atoms with Gasteiger partial charge in [-0.2, -0.15) is 5.26 Å². The molecule has 0 saturated carbocycles. The van der Waals surface area contributed by atoms with Gasteiger partial charge in [0.2, 0.25) is 0 Å². The van der Waals surface area contributed by atoms with E-state index in [4.69, 9.17) is 15.1 Å². The topological polar surface area (TPSA) is 107 Å². The number of likely N-dealkylation sites (tertiary alicyclic amines) is 1. The number of hydroxylamine groups is 2. The lowest BCUT2D eigenvalue weighted by Crippen LogP contribution is -2.35. The third-order valence-electron chi connectivity index (χ3n) is 4.97. The molecule has 2 aromatic heterocycles. The van der Waals surface area contributed by atoms with Gasteiger partial charge in [-0.1, -0.05) is 0 Å². The van der Waals surface area contributed by atoms with Gasteiger partial charge in [-0.15, -0.1) is 11.3 Å². The minimum absolute atomic E-state index is 0.207. The third kappa shape index (κ3) is 4.70. The number of piperidine rings is 1. The summed E-state index contributed by atoms with van der Waals surface area (Å²) in [7, 11) is 0. The Hall–Kier alpha value is -2.61. The molecular formula is C19H23N7O2S. The zero-order chi connectivity index (χ0) is 20.2. The number of thiazole rings is 1. The Kier molecular flexibility index (Phi) is 5.99. The highest BCUT2D eigenvalue weighted by molar-refractivity contribution is 7.14. The van der Waals surface area contributed by atoms with Gasteiger partial charge in [0.1, 0.15) is 17.3 Å². The van der Waals surface area contributed by atoms with Gasteiger partial charge in [0.25, 0.3) is 5.91 Å². The minimum atomic E-state index is -0.217. The van der Waals surface area contributed by atoms with Crippen LogP contribution in [0.2, 0.25) is 0 Å². The van der Waals surface area contributed by atoms with E-state index in [1.165, 1.54) is 16.4 Å². The van der Waals surface area contributed by atoms with Crippen LogP contribution in [-0.4, -0.2) is 63.6 Å². The molecule has 9 nitrogen and oxygen atoms in total. The van der Waals surface area contributed by atoms with Crippen LogP contribution < -0.4 is 5.32 Å². The van der Waals surface area contributed by atoms with Crippen LogP contribution in [0.5, 0.6) is 0 Å². The van der Waals surface area contributed by atoms with Crippen LogP contribution in [0, 0.1) is 18.3 Å². The summed E-state index contributed by atoms with van der Waals surface area (Å²) in [6, 6.07) is 4.09. The zero-order valence-electron chi connectivity index (χ0n) is 16.3. The molecule has 0 unspecified atom stereocenters. The van der Waals surface area contributed by atoms with Gasteiger partial charge in [-0.05, 0) is 32.7 Å². The Labute approximate surface area is 173 Å². The number of amides is 1. The highest BCUT2D eigenvalue weighted by Gasteiger charge is 2.25. The average molecular weight is 414 g/mol. The molecule has 0 spiro atoms. The molecule has 2 aliphatic rings. The molecule has 1 N–H and O–H groups in total. The molecule has 0 aliphatic carbocycles. The molecule has 10 heteroatoms. The van der Waals surface area contributed by atoms with Crippen molar-refractivity contribution in [3.05, 3.63) is 28.7 Å². The van der Waals surface area contributed by atoms with Crippen LogP contribution in [0.1, 0.15) is 47.2 Å². The second kappa shape index (κ2) is 8.82. The van der Waals surface area contributed by atoms with Gasteiger partial charge < -0.3 is 5.32 Å². The molecule has 152 valence electrons. The quantitative estimate of drug-likeness (QED) is 0.745. The van der Waals surface area contributed by atoms with Crippen LogP contribution in [0.3, 0.4) is 0 Å². The van der Waals surface area contributed by atoms with E-state index >= 15 is 0 Å². The molecule has 2 fully saturated rings. The SMILES string of the molecule is Cc1cc(Nc2nc(C(=O)N3CCCO3)cs2)nc([C@H]2CCCN(CC#N)C2)n1. The molecule has 0 radical (unpaired) electrons. The fourth-order valence-electron chi connectivity index (χ4n) is 3.62. The number of nitrogens with zero attached hydrogens (tertiary/aromatic N) is 6. The molecule has 2 saturated heterocycles. The Morgan fingerprint density at radius 3 is 3.07 bits per heavy atom. The smallest absolute Gasteiger partial charge is 0.296 e. The van der Waals surface area contributed by atoms with Gasteiger partial charge in [0, 0.05) is 29.6 Å². The van der Waals surface area contributed by atoms with Crippen molar-refractivity contribution in [2.24, 2.45) is 0 Å². The van der Waals surface area contributed by atoms with Crippen molar-refractivity contribution in [1.82, 2.24) is 24.9 Å². The number of aromatic nitrogens is 3. The van der Waals surface area contributed by atoms with Crippen molar-refractivity contribution in [1.29, 1.82) is 5.26 Å². The molecule has 0 aromatic carbocycles. The normalized spacial score (nSPS) is 19.9. The van der Waals surface area contributed by atoms with Gasteiger partial charge in [0.15, 0.2) is 5.13 Å². The summed E-state index contributed by atoms with van der Waals surface area (Å²) in [4.78, 5) is 33.5. The Bertz CT molecular complexity index is 920. The number of nitrogens with one attached hydrogen (secondary N) is 1. The van der Waals surface area contributed by atoms with E-state index in [2.05, 4.69) is 26.3 Å². The molecule has 2 aromatic rings. The predicted molar refractivity (Wildman–Crippen MR) is 108 cm³/mol. The second-order valence-electron chi connectivity index (χ2n) is 7.24. The van der Waals surface area contributed by atoms with Crippen LogP contribution in [-0.2, 0) is 4.84 Å². The zero-order valence-corrected chi connectivity index (χ0v) is 17.1. The Morgan fingerprint density at radius 2 is 2.28 bits per heavy atom. The number of carbonyl (C=O) groups is 1. The maximum absolute atomic E-state index is 12.4. The molecule has 29 heavy (non-hydrogen) atoms. The molecular weight excluding hydrogens is 390 g/mol. The standard InChI is InChI=1S/C19H23N7O2S/c1-13-10-16(23-17(21-13)14-4-2-6-25(11-14)8-5-20)24-19-22-15(12-29-19)18(27)26-7-3-9-28-26/h10,12,14H,2-4,6-9,11H2,1H3,(H,21,22,23,24)/t14-/m0/s1. The number of hydrogen-bond acceptors (Lipinski definition) is 9. The second-order valence-corrected chi connectivity index (χ2v) is 8.10. The molecule has 2 aliphatic heterocycles. The van der Waals surface area contributed by atoms with Crippen LogP contribution in [0.15, 0.2) is 11.4 Å². The minimum Gasteiger partial charge on any atom is -0.316 e. The predicted octanol–water partition coefficient (Wildman–Crippen LogP) is 2.47. The van der Waals surface area contributed by atoms with Gasteiger partial charge in [-0.3, -0.25) is 14.5 Å². The molecule has 4 heterocycles. The van der Waals surface area contributed by atoms with Crippen molar-refractivity contribution < 1.29 is 9.63 Å². The number of aryl methyl sites for hydroxylation is 1. The first-order valence-corrected chi connectivity index (χ1v) is 10.6. The third-order valence-corrected chi connectivity index (χ3v) is 5.73. The maximum Gasteiger partial charge on any atom is 0.296 e. The lowest BCUT2D eigenvalue weighted by Gasteiger charge is -2.30. The van der Waals surface area contributed by atoms with Crippen molar-refractivity contribution >= 4 is 28.2 Å². The average Bonchev–Trinajstić information content (AvgIpc) is 3.40. The maximum atomic E-state index is 12.4. The number of rotatable bonds is 5. The van der Waals surface area contributed by atoms with Crippen molar-refractivity contribution in [3.63, 3.8) is 0 Å². The molecule has 1 amide bonds. The van der Waals surface area contributed by atoms with E-state index in [0.29, 0.717) is 36.3 Å². The lowest BCUT2D eigenvalue weighted by atomic mass is 9.97. The van der Waals surface area contributed by atoms with E-state index in [1.807, 2.05) is 13.0 Å². The molecule has 1 atom stereocenters. The number of anilines is 2. The summed E-state index contributed by atoms with van der Waals surface area (Å²) in [5, 5.41) is 15.9. The fraction of sp³-hybridized carbons (Fsp3) is 0.526. The van der Waals surface area contributed by atoms with Gasteiger partial charge in [0.05, 0.1) is 25.8 Å². The summed E-state index contributed by atoms with van der Waals surface area (Å²) in [5.74, 6) is 1.44. The number of hydrogen-bond donors (Lipinski definition) is 1. The van der Waals surface area contributed by atoms with Gasteiger partial charge >= 0.3 is 0 Å². The fourth-order valence-corrected chi connectivity index (χ4v) is 4.31. The van der Waals surface area contributed by atoms with E-state index < -0.39 is 0 Å². The van der Waals surface area contributed by atoms with Crippen molar-refractivity contribution in [2.75, 3.05) is 38.1 Å². The Morgan fingerprint density at radius 1 is 1.38 bits per heavy atom. The molecule has 4 rings (SSSR count). The van der Waals surface area contributed by atoms with Crippen molar-refractivity contribution in [2.45, 2.75) is 32.1 Å². The highest BCUT2D eigenvalue weighted by Crippen LogP contribution is 2.27. The van der Waals surface area contributed by atoms with E-state index in [0.717, 1.165) is 43.9 Å². The Balaban J connectivity index is 1.47. The summed E-state index contributed by atoms with van der Waals surface area (Å²) in [6.07, 6.45) is 2.89. The van der Waals surface area contributed by atoms with E-state index in [9.17, 15) is 4.79 Å². The first kappa shape index (κ1) is 19.7. The highest BCUT2D eigenvalue weighted by atomic mass is 32.1. The summed E-state index contributed by atoms with van der Waals surface area (Å²) < 4.78 is 0. The number of carbonyl (C=O) groups excluding carboxylic acids is 1. The van der Waals surface area contributed by atoms with Crippen LogP contribution in [0.4, 0.5) is 10.9 Å². The van der Waals surface area contributed by atoms with Crippen LogP contribution in [0.25, 0.3) is 0 Å². The summed E-state index contributed by atoms with van der Waals surface area (Å²) >= 11 is 1.36.